The van der Waals surface area contributed by atoms with Crippen molar-refractivity contribution in [2.75, 3.05) is 5.32 Å². The lowest BCUT2D eigenvalue weighted by molar-refractivity contribution is -0.140. The van der Waals surface area contributed by atoms with Crippen LogP contribution in [0, 0.1) is 12.8 Å². The van der Waals surface area contributed by atoms with Crippen LogP contribution in [0.4, 0.5) is 5.69 Å². The molecule has 0 spiro atoms. The number of fused-ring (bicyclic) bond motifs is 1. The molecule has 4 rings (SSSR count). The van der Waals surface area contributed by atoms with Gasteiger partial charge >= 0.3 is 0 Å². The molecular weight excluding hydrogens is 390 g/mol. The number of carbonyl (C=O) groups excluding carboxylic acids is 2. The minimum Gasteiger partial charge on any atom is -0.326 e. The second-order valence-corrected chi connectivity index (χ2v) is 8.42. The van der Waals surface area contributed by atoms with E-state index in [1.807, 2.05) is 69.3 Å². The van der Waals surface area contributed by atoms with E-state index >= 15 is 0 Å². The highest BCUT2D eigenvalue weighted by molar-refractivity contribution is 5.98. The van der Waals surface area contributed by atoms with E-state index in [1.54, 1.807) is 4.90 Å². The Morgan fingerprint density at radius 3 is 2.65 bits per heavy atom. The molecule has 1 atom stereocenters. The van der Waals surface area contributed by atoms with E-state index in [1.165, 1.54) is 0 Å². The molecule has 0 saturated carbocycles. The van der Waals surface area contributed by atoms with Gasteiger partial charge in [-0.2, -0.15) is 5.10 Å². The van der Waals surface area contributed by atoms with E-state index in [9.17, 15) is 9.59 Å². The summed E-state index contributed by atoms with van der Waals surface area (Å²) in [5.41, 5.74) is 3.68. The van der Waals surface area contributed by atoms with Crippen molar-refractivity contribution >= 4 is 17.5 Å². The number of rotatable bonds is 5. The summed E-state index contributed by atoms with van der Waals surface area (Å²) < 4.78 is 0. The van der Waals surface area contributed by atoms with Gasteiger partial charge in [0.1, 0.15) is 11.9 Å². The third-order valence-electron chi connectivity index (χ3n) is 5.44. The van der Waals surface area contributed by atoms with Gasteiger partial charge in [-0.05, 0) is 36.1 Å². The van der Waals surface area contributed by atoms with Crippen LogP contribution in [-0.4, -0.2) is 37.9 Å². The highest BCUT2D eigenvalue weighted by Gasteiger charge is 2.34. The average molecular weight is 418 g/mol. The van der Waals surface area contributed by atoms with Gasteiger partial charge in [0.05, 0.1) is 0 Å². The molecule has 31 heavy (non-hydrogen) atoms. The van der Waals surface area contributed by atoms with Crippen LogP contribution in [0.1, 0.15) is 37.2 Å². The van der Waals surface area contributed by atoms with Crippen molar-refractivity contribution in [1.29, 1.82) is 0 Å². The van der Waals surface area contributed by atoms with Crippen molar-refractivity contribution in [2.45, 2.75) is 46.2 Å². The molecule has 160 valence electrons. The Hall–Kier alpha value is -3.48. The number of aromatic amines is 1. The molecule has 2 N–H and O–H groups in total. The van der Waals surface area contributed by atoms with E-state index < -0.39 is 6.04 Å². The molecule has 2 aromatic carbocycles. The van der Waals surface area contributed by atoms with Gasteiger partial charge in [0.2, 0.25) is 11.8 Å². The van der Waals surface area contributed by atoms with Gasteiger partial charge in [-0.15, -0.1) is 0 Å². The van der Waals surface area contributed by atoms with E-state index in [2.05, 4.69) is 20.5 Å². The molecule has 0 saturated heterocycles. The third kappa shape index (κ3) is 4.66. The zero-order valence-corrected chi connectivity index (χ0v) is 18.1. The number of aryl methyl sites for hydroxylation is 1. The first-order valence-corrected chi connectivity index (χ1v) is 10.6. The number of nitrogens with one attached hydrogen (secondary N) is 2. The Kier molecular flexibility index (Phi) is 5.84. The minimum atomic E-state index is -0.546. The zero-order valence-electron chi connectivity index (χ0n) is 18.1. The van der Waals surface area contributed by atoms with Crippen LogP contribution in [-0.2, 0) is 22.6 Å². The smallest absolute Gasteiger partial charge is 0.247 e. The van der Waals surface area contributed by atoms with Crippen LogP contribution in [0.3, 0.4) is 0 Å². The van der Waals surface area contributed by atoms with Crippen molar-refractivity contribution in [2.24, 2.45) is 5.92 Å². The van der Waals surface area contributed by atoms with Crippen LogP contribution < -0.4 is 5.32 Å². The van der Waals surface area contributed by atoms with Crippen LogP contribution in [0.2, 0.25) is 0 Å². The first kappa shape index (κ1) is 20.8. The number of anilines is 1. The average Bonchev–Trinajstić information content (AvgIpc) is 3.19. The molecule has 0 bridgehead atoms. The maximum atomic E-state index is 13.3. The van der Waals surface area contributed by atoms with Crippen molar-refractivity contribution in [3.8, 4) is 11.4 Å². The Balaban J connectivity index is 1.57. The van der Waals surface area contributed by atoms with Gasteiger partial charge in [-0.3, -0.25) is 14.7 Å². The molecule has 1 aliphatic heterocycles. The van der Waals surface area contributed by atoms with Crippen LogP contribution in [0.5, 0.6) is 0 Å². The Morgan fingerprint density at radius 2 is 1.94 bits per heavy atom. The lowest BCUT2D eigenvalue weighted by Gasteiger charge is -2.36. The van der Waals surface area contributed by atoms with E-state index in [0.29, 0.717) is 30.9 Å². The second-order valence-electron chi connectivity index (χ2n) is 8.42. The second kappa shape index (κ2) is 8.71. The number of amides is 2. The molecule has 3 aromatic rings. The molecule has 1 aliphatic rings. The first-order chi connectivity index (χ1) is 14.9. The molecule has 7 nitrogen and oxygen atoms in total. The third-order valence-corrected chi connectivity index (χ3v) is 5.44. The van der Waals surface area contributed by atoms with E-state index in [-0.39, 0.29) is 17.7 Å². The number of carbonyl (C=O) groups is 2. The van der Waals surface area contributed by atoms with Gasteiger partial charge in [0, 0.05) is 30.6 Å². The molecule has 2 amide bonds. The predicted molar refractivity (Wildman–Crippen MR) is 119 cm³/mol. The first-order valence-electron chi connectivity index (χ1n) is 10.6. The van der Waals surface area contributed by atoms with Gasteiger partial charge in [-0.1, -0.05) is 50.2 Å². The van der Waals surface area contributed by atoms with E-state index in [0.717, 1.165) is 22.5 Å². The summed E-state index contributed by atoms with van der Waals surface area (Å²) in [5.74, 6) is 1.36. The van der Waals surface area contributed by atoms with Crippen molar-refractivity contribution in [3.63, 3.8) is 0 Å². The van der Waals surface area contributed by atoms with Gasteiger partial charge < -0.3 is 10.2 Å². The van der Waals surface area contributed by atoms with Crippen LogP contribution >= 0.6 is 0 Å². The molecular formula is C24H27N5O2. The van der Waals surface area contributed by atoms with Crippen molar-refractivity contribution in [1.82, 2.24) is 20.1 Å². The quantitative estimate of drug-likeness (QED) is 0.662. The Morgan fingerprint density at radius 1 is 1.16 bits per heavy atom. The summed E-state index contributed by atoms with van der Waals surface area (Å²) in [7, 11) is 0. The molecule has 7 heteroatoms. The number of hydrogen-bond donors (Lipinski definition) is 2. The standard InChI is InChI=1S/C24H27N5O2/c1-15(2)11-22(30)29-14-19-8-5-4-7-17(19)13-21(29)24(31)26-20-10-6-9-18(12-20)23-25-16(3)27-28-23/h4-10,12,15,21H,11,13-14H2,1-3H3,(H,26,31)(H,25,27,28). The normalized spacial score (nSPS) is 15.6. The fourth-order valence-corrected chi connectivity index (χ4v) is 3.92. The molecule has 1 aromatic heterocycles. The van der Waals surface area contributed by atoms with Crippen molar-refractivity contribution in [3.05, 3.63) is 65.5 Å². The van der Waals surface area contributed by atoms with Gasteiger partial charge in [-0.25, -0.2) is 4.98 Å². The molecule has 0 fully saturated rings. The van der Waals surface area contributed by atoms with Crippen molar-refractivity contribution < 1.29 is 9.59 Å². The van der Waals surface area contributed by atoms with Crippen LogP contribution in [0.15, 0.2) is 48.5 Å². The number of nitrogens with zero attached hydrogens (tertiary/aromatic N) is 3. The molecule has 1 unspecified atom stereocenters. The zero-order chi connectivity index (χ0) is 22.0. The number of benzene rings is 2. The number of hydrogen-bond acceptors (Lipinski definition) is 4. The maximum Gasteiger partial charge on any atom is 0.247 e. The fraction of sp³-hybridized carbons (Fsp3) is 0.333. The Bertz CT molecular complexity index is 1100. The summed E-state index contributed by atoms with van der Waals surface area (Å²) in [6, 6.07) is 14.9. The van der Waals surface area contributed by atoms with Crippen LogP contribution in [0.25, 0.3) is 11.4 Å². The SMILES string of the molecule is Cc1nc(-c2cccc(NC(=O)C3Cc4ccccc4CN3C(=O)CC(C)C)c2)n[nH]1. The lowest BCUT2D eigenvalue weighted by atomic mass is 9.92. The highest BCUT2D eigenvalue weighted by Crippen LogP contribution is 2.26. The fourth-order valence-electron chi connectivity index (χ4n) is 3.92. The van der Waals surface area contributed by atoms with Gasteiger partial charge in [0.15, 0.2) is 5.82 Å². The summed E-state index contributed by atoms with van der Waals surface area (Å²) in [4.78, 5) is 32.3. The van der Waals surface area contributed by atoms with Gasteiger partial charge in [0.25, 0.3) is 0 Å². The summed E-state index contributed by atoms with van der Waals surface area (Å²) in [6.07, 6.45) is 0.928. The molecule has 0 aliphatic carbocycles. The summed E-state index contributed by atoms with van der Waals surface area (Å²) in [6.45, 7) is 6.32. The van der Waals surface area contributed by atoms with E-state index in [4.69, 9.17) is 0 Å². The highest BCUT2D eigenvalue weighted by atomic mass is 16.2. The molecule has 2 heterocycles. The number of H-pyrrole nitrogens is 1. The largest absolute Gasteiger partial charge is 0.326 e. The topological polar surface area (TPSA) is 91.0 Å². The predicted octanol–water partition coefficient (Wildman–Crippen LogP) is 3.72. The summed E-state index contributed by atoms with van der Waals surface area (Å²) in [5, 5.41) is 10.0. The minimum absolute atomic E-state index is 0.00889. The summed E-state index contributed by atoms with van der Waals surface area (Å²) >= 11 is 0. The molecule has 0 radical (unpaired) electrons. The Labute approximate surface area is 181 Å². The lowest BCUT2D eigenvalue weighted by Crippen LogP contribution is -2.50. The number of aromatic nitrogens is 3. The monoisotopic (exact) mass is 417 g/mol. The maximum absolute atomic E-state index is 13.3.